The lowest BCUT2D eigenvalue weighted by molar-refractivity contribution is 0.0669. The molecule has 35 heavy (non-hydrogen) atoms. The molecule has 6 rings (SSSR count). The van der Waals surface area contributed by atoms with Crippen LogP contribution in [0.3, 0.4) is 0 Å². The third kappa shape index (κ3) is 4.04. The molecule has 0 atom stereocenters. The van der Waals surface area contributed by atoms with Gasteiger partial charge in [0.25, 0.3) is 11.5 Å². The summed E-state index contributed by atoms with van der Waals surface area (Å²) in [6, 6.07) is 9.77. The molecule has 0 bridgehead atoms. The van der Waals surface area contributed by atoms with E-state index >= 15 is 0 Å². The molecule has 1 aliphatic carbocycles. The smallest absolute Gasteiger partial charge is 0.266 e. The van der Waals surface area contributed by atoms with Crippen LogP contribution in [-0.4, -0.2) is 35.0 Å². The summed E-state index contributed by atoms with van der Waals surface area (Å²) in [6.07, 6.45) is 3.79. The van der Waals surface area contributed by atoms with Gasteiger partial charge < -0.3 is 19.4 Å². The molecule has 1 amide bonds. The Labute approximate surface area is 209 Å². The number of rotatable bonds is 4. The minimum Gasteiger partial charge on any atom is -0.486 e. The Bertz CT molecular complexity index is 1530. The number of carbonyl (C=O) groups excluding carboxylic acids is 1. The Morgan fingerprint density at radius 2 is 1.86 bits per heavy atom. The van der Waals surface area contributed by atoms with Crippen LogP contribution in [0.5, 0.6) is 11.5 Å². The second-order valence-corrected chi connectivity index (χ2v) is 10.4. The SMILES string of the molecule is O=C(c1sc2cc(F)ccc2c1Cl)N(Cc1cc2cc3c(cc2[nH]c1=O)OCCO3)C1CCCC1. The summed E-state index contributed by atoms with van der Waals surface area (Å²) in [5.41, 5.74) is 0.878. The number of hydrogen-bond donors (Lipinski definition) is 1. The van der Waals surface area contributed by atoms with Crippen LogP contribution >= 0.6 is 22.9 Å². The van der Waals surface area contributed by atoms with E-state index in [1.807, 2.05) is 12.1 Å². The molecule has 0 spiro atoms. The van der Waals surface area contributed by atoms with Gasteiger partial charge in [0.05, 0.1) is 17.1 Å². The second-order valence-electron chi connectivity index (χ2n) is 8.96. The average molecular weight is 513 g/mol. The first kappa shape index (κ1) is 22.4. The van der Waals surface area contributed by atoms with Gasteiger partial charge >= 0.3 is 0 Å². The number of ether oxygens (including phenoxy) is 2. The number of aromatic amines is 1. The third-order valence-electron chi connectivity index (χ3n) is 6.74. The predicted molar refractivity (Wildman–Crippen MR) is 134 cm³/mol. The van der Waals surface area contributed by atoms with Gasteiger partial charge in [-0.3, -0.25) is 9.59 Å². The van der Waals surface area contributed by atoms with Crippen LogP contribution in [0.1, 0.15) is 40.9 Å². The first-order valence-electron chi connectivity index (χ1n) is 11.6. The van der Waals surface area contributed by atoms with Crippen molar-refractivity contribution < 1.29 is 18.7 Å². The van der Waals surface area contributed by atoms with Crippen molar-refractivity contribution in [3.05, 3.63) is 68.0 Å². The highest BCUT2D eigenvalue weighted by Crippen LogP contribution is 2.38. The summed E-state index contributed by atoms with van der Waals surface area (Å²) < 4.78 is 25.7. The molecule has 1 fully saturated rings. The van der Waals surface area contributed by atoms with Gasteiger partial charge in [0.15, 0.2) is 11.5 Å². The predicted octanol–water partition coefficient (Wildman–Crippen LogP) is 5.89. The van der Waals surface area contributed by atoms with Gasteiger partial charge in [-0.25, -0.2) is 4.39 Å². The number of H-pyrrole nitrogens is 1. The van der Waals surface area contributed by atoms with Crippen molar-refractivity contribution in [1.82, 2.24) is 9.88 Å². The summed E-state index contributed by atoms with van der Waals surface area (Å²) in [7, 11) is 0. The van der Waals surface area contributed by atoms with E-state index in [9.17, 15) is 14.0 Å². The highest BCUT2D eigenvalue weighted by Gasteiger charge is 2.31. The zero-order valence-electron chi connectivity index (χ0n) is 18.7. The highest BCUT2D eigenvalue weighted by atomic mass is 35.5. The van der Waals surface area contributed by atoms with E-state index in [0.29, 0.717) is 55.8 Å². The van der Waals surface area contributed by atoms with Crippen LogP contribution in [0.15, 0.2) is 41.2 Å². The lowest BCUT2D eigenvalue weighted by Crippen LogP contribution is -2.39. The van der Waals surface area contributed by atoms with Crippen molar-refractivity contribution in [2.24, 2.45) is 0 Å². The number of nitrogens with zero attached hydrogens (tertiary/aromatic N) is 1. The van der Waals surface area contributed by atoms with Crippen LogP contribution in [0.2, 0.25) is 5.02 Å². The lowest BCUT2D eigenvalue weighted by atomic mass is 10.1. The van der Waals surface area contributed by atoms with E-state index in [2.05, 4.69) is 4.98 Å². The van der Waals surface area contributed by atoms with E-state index in [-0.39, 0.29) is 29.9 Å². The molecule has 2 aromatic heterocycles. The van der Waals surface area contributed by atoms with Crippen LogP contribution < -0.4 is 15.0 Å². The number of benzene rings is 2. The zero-order valence-corrected chi connectivity index (χ0v) is 20.3. The van der Waals surface area contributed by atoms with Crippen molar-refractivity contribution in [3.8, 4) is 11.5 Å². The molecule has 2 aromatic carbocycles. The molecular weight excluding hydrogens is 491 g/mol. The Hall–Kier alpha value is -3.10. The fourth-order valence-electron chi connectivity index (χ4n) is 4.98. The van der Waals surface area contributed by atoms with Crippen LogP contribution in [0, 0.1) is 5.82 Å². The van der Waals surface area contributed by atoms with Crippen LogP contribution in [0.4, 0.5) is 4.39 Å². The van der Waals surface area contributed by atoms with Crippen LogP contribution in [0.25, 0.3) is 21.0 Å². The first-order valence-corrected chi connectivity index (χ1v) is 12.8. The molecule has 3 heterocycles. The Balaban J connectivity index is 1.39. The normalized spacial score (nSPS) is 15.7. The summed E-state index contributed by atoms with van der Waals surface area (Å²) in [5.74, 6) is 0.632. The van der Waals surface area contributed by atoms with E-state index in [4.69, 9.17) is 21.1 Å². The Morgan fingerprint density at radius 3 is 2.63 bits per heavy atom. The van der Waals surface area contributed by atoms with Gasteiger partial charge in [-0.2, -0.15) is 0 Å². The number of fused-ring (bicyclic) bond motifs is 3. The molecule has 0 unspecified atom stereocenters. The van der Waals surface area contributed by atoms with Crippen molar-refractivity contribution in [2.75, 3.05) is 13.2 Å². The fraction of sp³-hybridized carbons (Fsp3) is 0.308. The van der Waals surface area contributed by atoms with Crippen molar-refractivity contribution in [1.29, 1.82) is 0 Å². The molecule has 0 radical (unpaired) electrons. The molecular formula is C26H22ClFN2O4S. The molecule has 1 N–H and O–H groups in total. The molecule has 2 aliphatic rings. The average Bonchev–Trinajstić information content (AvgIpc) is 3.49. The number of thiophene rings is 1. The standard InChI is InChI=1S/C26H22ClFN2O4S/c27-23-18-6-5-16(28)11-22(18)35-24(23)26(32)30(17-3-1-2-4-17)13-15-9-14-10-20-21(34-8-7-33-20)12-19(14)29-25(15)31/h5-6,9-12,17H,1-4,7-8,13H2,(H,29,31). The number of hydrogen-bond acceptors (Lipinski definition) is 5. The van der Waals surface area contributed by atoms with E-state index < -0.39 is 0 Å². The first-order chi connectivity index (χ1) is 17.0. The Kier molecular flexibility index (Phi) is 5.65. The molecule has 180 valence electrons. The molecule has 6 nitrogen and oxygen atoms in total. The minimum atomic E-state index is -0.374. The highest BCUT2D eigenvalue weighted by molar-refractivity contribution is 7.21. The van der Waals surface area contributed by atoms with Gasteiger partial charge in [-0.1, -0.05) is 24.4 Å². The molecule has 9 heteroatoms. The summed E-state index contributed by atoms with van der Waals surface area (Å²) in [6.45, 7) is 1.09. The number of pyridine rings is 1. The maximum Gasteiger partial charge on any atom is 0.266 e. The van der Waals surface area contributed by atoms with Crippen molar-refractivity contribution in [3.63, 3.8) is 0 Å². The number of amides is 1. The second kappa shape index (κ2) is 8.84. The zero-order chi connectivity index (χ0) is 24.1. The molecule has 1 aliphatic heterocycles. The maximum atomic E-state index is 13.8. The minimum absolute atomic E-state index is 0.0101. The van der Waals surface area contributed by atoms with Crippen molar-refractivity contribution in [2.45, 2.75) is 38.3 Å². The largest absolute Gasteiger partial charge is 0.486 e. The van der Waals surface area contributed by atoms with E-state index in [1.54, 1.807) is 17.0 Å². The topological polar surface area (TPSA) is 71.6 Å². The molecule has 1 saturated carbocycles. The van der Waals surface area contributed by atoms with Crippen LogP contribution in [-0.2, 0) is 6.54 Å². The molecule has 0 saturated heterocycles. The van der Waals surface area contributed by atoms with E-state index in [1.165, 1.54) is 23.5 Å². The Morgan fingerprint density at radius 1 is 1.11 bits per heavy atom. The maximum absolute atomic E-state index is 13.8. The summed E-state index contributed by atoms with van der Waals surface area (Å²) in [5, 5.41) is 1.79. The van der Waals surface area contributed by atoms with Gasteiger partial charge in [-0.15, -0.1) is 11.3 Å². The van der Waals surface area contributed by atoms with Gasteiger partial charge in [0, 0.05) is 33.1 Å². The van der Waals surface area contributed by atoms with E-state index in [0.717, 1.165) is 31.1 Å². The quantitative estimate of drug-likeness (QED) is 0.370. The lowest BCUT2D eigenvalue weighted by Gasteiger charge is -2.29. The number of halogens is 2. The van der Waals surface area contributed by atoms with Gasteiger partial charge in [-0.05, 0) is 43.2 Å². The molecule has 4 aromatic rings. The fourth-order valence-corrected chi connectivity index (χ4v) is 6.47. The number of nitrogens with one attached hydrogen (secondary N) is 1. The monoisotopic (exact) mass is 512 g/mol. The van der Waals surface area contributed by atoms with Crippen molar-refractivity contribution >= 4 is 49.8 Å². The number of aromatic nitrogens is 1. The number of carbonyl (C=O) groups is 1. The van der Waals surface area contributed by atoms with Gasteiger partial charge in [0.1, 0.15) is 23.9 Å². The van der Waals surface area contributed by atoms with Gasteiger partial charge in [0.2, 0.25) is 0 Å². The third-order valence-corrected chi connectivity index (χ3v) is 8.38. The summed E-state index contributed by atoms with van der Waals surface area (Å²) >= 11 is 7.77. The summed E-state index contributed by atoms with van der Waals surface area (Å²) in [4.78, 5) is 31.9.